The van der Waals surface area contributed by atoms with Gasteiger partial charge in [0.1, 0.15) is 0 Å². The summed E-state index contributed by atoms with van der Waals surface area (Å²) in [4.78, 5) is 0. The molecule has 0 unspecified atom stereocenters. The third kappa shape index (κ3) is 2.32. The van der Waals surface area contributed by atoms with E-state index in [1.54, 1.807) is 0 Å². The molecule has 2 nitrogen and oxygen atoms in total. The summed E-state index contributed by atoms with van der Waals surface area (Å²) in [6, 6.07) is 7.96. The number of aliphatic hydroxyl groups excluding tert-OH is 1. The predicted molar refractivity (Wildman–Crippen MR) is 49.9 cm³/mol. The van der Waals surface area contributed by atoms with Crippen LogP contribution in [0.4, 0.5) is 0 Å². The zero-order valence-electron chi connectivity index (χ0n) is 7.33. The zero-order valence-corrected chi connectivity index (χ0v) is 7.33. The van der Waals surface area contributed by atoms with Crippen molar-refractivity contribution in [2.45, 2.75) is 19.4 Å². The number of benzene rings is 1. The second-order valence-corrected chi connectivity index (χ2v) is 3.07. The Bertz CT molecular complexity index is 247. The van der Waals surface area contributed by atoms with Crippen LogP contribution in [0.3, 0.4) is 0 Å². The minimum atomic E-state index is -0.133. The van der Waals surface area contributed by atoms with Crippen LogP contribution in [0.2, 0.25) is 0 Å². The topological polar surface area (TPSA) is 46.2 Å². The zero-order chi connectivity index (χ0) is 8.97. The molecule has 0 aliphatic carbocycles. The molecule has 0 spiro atoms. The number of aliphatic hydroxyl groups is 1. The summed E-state index contributed by atoms with van der Waals surface area (Å²) in [5, 5.41) is 8.76. The van der Waals surface area contributed by atoms with Crippen molar-refractivity contribution >= 4 is 0 Å². The third-order valence-electron chi connectivity index (χ3n) is 1.98. The second kappa shape index (κ2) is 4.24. The van der Waals surface area contributed by atoms with E-state index in [0.717, 1.165) is 6.42 Å². The Morgan fingerprint density at radius 2 is 2.08 bits per heavy atom. The molecule has 0 aliphatic rings. The molecule has 2 heteroatoms. The molecule has 0 heterocycles. The molecule has 0 saturated carbocycles. The number of rotatable bonds is 3. The average Bonchev–Trinajstić information content (AvgIpc) is 2.09. The van der Waals surface area contributed by atoms with E-state index in [2.05, 4.69) is 13.0 Å². The van der Waals surface area contributed by atoms with Gasteiger partial charge in [-0.25, -0.2) is 0 Å². The van der Waals surface area contributed by atoms with Crippen LogP contribution in [0.15, 0.2) is 24.3 Å². The summed E-state index contributed by atoms with van der Waals surface area (Å²) in [6.45, 7) is 2.10. The Morgan fingerprint density at radius 1 is 1.42 bits per heavy atom. The molecule has 1 aromatic rings. The van der Waals surface area contributed by atoms with Gasteiger partial charge in [0.2, 0.25) is 0 Å². The lowest BCUT2D eigenvalue weighted by molar-refractivity contribution is 0.265. The summed E-state index contributed by atoms with van der Waals surface area (Å²) in [5.74, 6) is 0. The normalized spacial score (nSPS) is 12.9. The van der Waals surface area contributed by atoms with Crippen LogP contribution in [-0.4, -0.2) is 17.8 Å². The first-order valence-corrected chi connectivity index (χ1v) is 4.15. The summed E-state index contributed by atoms with van der Waals surface area (Å²) < 4.78 is 0. The van der Waals surface area contributed by atoms with E-state index in [1.807, 2.05) is 18.2 Å². The monoisotopic (exact) mass is 165 g/mol. The van der Waals surface area contributed by atoms with Crippen LogP contribution in [0.5, 0.6) is 0 Å². The van der Waals surface area contributed by atoms with Crippen molar-refractivity contribution in [3.05, 3.63) is 35.4 Å². The van der Waals surface area contributed by atoms with E-state index in [4.69, 9.17) is 10.8 Å². The predicted octanol–water partition coefficient (Wildman–Crippen LogP) is 0.857. The van der Waals surface area contributed by atoms with Gasteiger partial charge in [0.25, 0.3) is 0 Å². The average molecular weight is 165 g/mol. The minimum absolute atomic E-state index is 0.0499. The van der Waals surface area contributed by atoms with Crippen molar-refractivity contribution in [3.8, 4) is 0 Å². The summed E-state index contributed by atoms with van der Waals surface area (Å²) in [7, 11) is 0. The molecule has 0 amide bonds. The molecule has 0 aromatic heterocycles. The SMILES string of the molecule is Cc1ccccc1C[C@H](N)CO. The van der Waals surface area contributed by atoms with Crippen molar-refractivity contribution < 1.29 is 5.11 Å². The molecule has 12 heavy (non-hydrogen) atoms. The summed E-state index contributed by atoms with van der Waals surface area (Å²) in [6.07, 6.45) is 0.753. The largest absolute Gasteiger partial charge is 0.395 e. The highest BCUT2D eigenvalue weighted by Crippen LogP contribution is 2.08. The standard InChI is InChI=1S/C10H15NO/c1-8-4-2-3-5-9(8)6-10(11)7-12/h2-5,10,12H,6-7,11H2,1H3/t10-/m0/s1. The first-order chi connectivity index (χ1) is 5.74. The first kappa shape index (κ1) is 9.23. The Balaban J connectivity index is 2.69. The van der Waals surface area contributed by atoms with Crippen molar-refractivity contribution in [2.75, 3.05) is 6.61 Å². The van der Waals surface area contributed by atoms with Crippen molar-refractivity contribution in [2.24, 2.45) is 5.73 Å². The number of hydrogen-bond donors (Lipinski definition) is 2. The fraction of sp³-hybridized carbons (Fsp3) is 0.400. The lowest BCUT2D eigenvalue weighted by Crippen LogP contribution is -2.27. The molecule has 1 rings (SSSR count). The van der Waals surface area contributed by atoms with Crippen molar-refractivity contribution in [1.29, 1.82) is 0 Å². The Morgan fingerprint density at radius 3 is 2.67 bits per heavy atom. The molecule has 0 bridgehead atoms. The van der Waals surface area contributed by atoms with E-state index in [9.17, 15) is 0 Å². The van der Waals surface area contributed by atoms with E-state index in [-0.39, 0.29) is 12.6 Å². The molecular formula is C10H15NO. The fourth-order valence-electron chi connectivity index (χ4n) is 1.19. The molecule has 1 atom stereocenters. The van der Waals surface area contributed by atoms with Gasteiger partial charge >= 0.3 is 0 Å². The first-order valence-electron chi connectivity index (χ1n) is 4.15. The summed E-state index contributed by atoms with van der Waals surface area (Å²) >= 11 is 0. The molecular weight excluding hydrogens is 150 g/mol. The van der Waals surface area contributed by atoms with Gasteiger partial charge < -0.3 is 10.8 Å². The van der Waals surface area contributed by atoms with Crippen molar-refractivity contribution in [3.63, 3.8) is 0 Å². The molecule has 0 fully saturated rings. The van der Waals surface area contributed by atoms with Gasteiger partial charge in [-0.15, -0.1) is 0 Å². The number of nitrogens with two attached hydrogens (primary N) is 1. The van der Waals surface area contributed by atoms with E-state index in [1.165, 1.54) is 11.1 Å². The van der Waals surface area contributed by atoms with Gasteiger partial charge in [-0.05, 0) is 24.5 Å². The van der Waals surface area contributed by atoms with Gasteiger partial charge in [0.05, 0.1) is 6.61 Å². The van der Waals surface area contributed by atoms with Crippen molar-refractivity contribution in [1.82, 2.24) is 0 Å². The maximum absolute atomic E-state index is 8.76. The number of hydrogen-bond acceptors (Lipinski definition) is 2. The molecule has 0 radical (unpaired) electrons. The highest BCUT2D eigenvalue weighted by molar-refractivity contribution is 5.26. The van der Waals surface area contributed by atoms with Crippen LogP contribution in [0, 0.1) is 6.92 Å². The summed E-state index contributed by atoms with van der Waals surface area (Å²) in [5.41, 5.74) is 8.08. The highest BCUT2D eigenvalue weighted by atomic mass is 16.3. The third-order valence-corrected chi connectivity index (χ3v) is 1.98. The van der Waals surface area contributed by atoms with Gasteiger partial charge in [-0.1, -0.05) is 24.3 Å². The van der Waals surface area contributed by atoms with Gasteiger partial charge in [0, 0.05) is 6.04 Å². The quantitative estimate of drug-likeness (QED) is 0.697. The number of aryl methyl sites for hydroxylation is 1. The fourth-order valence-corrected chi connectivity index (χ4v) is 1.19. The van der Waals surface area contributed by atoms with Crippen LogP contribution >= 0.6 is 0 Å². The van der Waals surface area contributed by atoms with Crippen LogP contribution in [-0.2, 0) is 6.42 Å². The maximum Gasteiger partial charge on any atom is 0.0585 e. The molecule has 0 aliphatic heterocycles. The second-order valence-electron chi connectivity index (χ2n) is 3.07. The van der Waals surface area contributed by atoms with Gasteiger partial charge in [0.15, 0.2) is 0 Å². The molecule has 1 aromatic carbocycles. The van der Waals surface area contributed by atoms with Crippen LogP contribution < -0.4 is 5.73 Å². The highest BCUT2D eigenvalue weighted by Gasteiger charge is 2.03. The maximum atomic E-state index is 8.76. The minimum Gasteiger partial charge on any atom is -0.395 e. The Kier molecular flexibility index (Phi) is 3.26. The lowest BCUT2D eigenvalue weighted by atomic mass is 10.0. The van der Waals surface area contributed by atoms with Gasteiger partial charge in [-0.3, -0.25) is 0 Å². The molecule has 0 saturated heterocycles. The van der Waals surface area contributed by atoms with E-state index in [0.29, 0.717) is 0 Å². The Hall–Kier alpha value is -0.860. The molecule has 3 N–H and O–H groups in total. The van der Waals surface area contributed by atoms with Gasteiger partial charge in [-0.2, -0.15) is 0 Å². The van der Waals surface area contributed by atoms with Crippen LogP contribution in [0.25, 0.3) is 0 Å². The Labute approximate surface area is 73.0 Å². The molecule has 66 valence electrons. The van der Waals surface area contributed by atoms with E-state index < -0.39 is 0 Å². The lowest BCUT2D eigenvalue weighted by Gasteiger charge is -2.09. The van der Waals surface area contributed by atoms with Crippen LogP contribution in [0.1, 0.15) is 11.1 Å². The van der Waals surface area contributed by atoms with E-state index >= 15 is 0 Å². The smallest absolute Gasteiger partial charge is 0.0585 e.